The molecule has 0 bridgehead atoms. The number of hydrogen-bond acceptors (Lipinski definition) is 3. The molecule has 1 aliphatic heterocycles. The zero-order chi connectivity index (χ0) is 20.8. The van der Waals surface area contributed by atoms with E-state index >= 15 is 0 Å². The Labute approximate surface area is 166 Å². The van der Waals surface area contributed by atoms with Gasteiger partial charge in [-0.2, -0.15) is 13.2 Å². The topological polar surface area (TPSA) is 66.5 Å². The molecular weight excluding hydrogens is 405 g/mol. The summed E-state index contributed by atoms with van der Waals surface area (Å²) < 4.78 is 66.2. The second-order valence-electron chi connectivity index (χ2n) is 7.40. The first-order valence-corrected chi connectivity index (χ1v) is 10.7. The van der Waals surface area contributed by atoms with Gasteiger partial charge in [0.25, 0.3) is 10.0 Å². The van der Waals surface area contributed by atoms with Crippen LogP contribution in [0.2, 0.25) is 0 Å². The third-order valence-corrected chi connectivity index (χ3v) is 6.56. The van der Waals surface area contributed by atoms with E-state index in [0.29, 0.717) is 25.6 Å². The lowest BCUT2D eigenvalue weighted by Crippen LogP contribution is -2.36. The van der Waals surface area contributed by atoms with Gasteiger partial charge in [-0.1, -0.05) is 12.1 Å². The maximum Gasteiger partial charge on any atom is 0.416 e. The third kappa shape index (κ3) is 4.24. The van der Waals surface area contributed by atoms with Crippen LogP contribution >= 0.6 is 0 Å². The van der Waals surface area contributed by atoms with Crippen molar-refractivity contribution in [2.24, 2.45) is 5.92 Å². The van der Waals surface area contributed by atoms with E-state index in [1.165, 1.54) is 0 Å². The lowest BCUT2D eigenvalue weighted by atomic mass is 9.99. The van der Waals surface area contributed by atoms with Gasteiger partial charge >= 0.3 is 6.18 Å². The maximum absolute atomic E-state index is 12.9. The fourth-order valence-electron chi connectivity index (χ4n) is 3.45. The molecule has 1 fully saturated rings. The number of nitrogens with zero attached hydrogens (tertiary/aromatic N) is 1. The lowest BCUT2D eigenvalue weighted by Gasteiger charge is -2.29. The van der Waals surface area contributed by atoms with Crippen LogP contribution < -0.4 is 4.72 Å². The van der Waals surface area contributed by atoms with E-state index in [0.717, 1.165) is 42.2 Å². The molecule has 1 amide bonds. The molecular formula is C20H19F3N2O3S. The summed E-state index contributed by atoms with van der Waals surface area (Å²) in [7, 11) is -4.19. The number of anilines is 1. The molecule has 1 heterocycles. The fraction of sp³-hybridized carbons (Fsp3) is 0.350. The van der Waals surface area contributed by atoms with Gasteiger partial charge in [0, 0.05) is 24.7 Å². The molecule has 0 saturated heterocycles. The number of fused-ring (bicyclic) bond motifs is 1. The van der Waals surface area contributed by atoms with E-state index in [4.69, 9.17) is 0 Å². The first-order chi connectivity index (χ1) is 13.6. The number of carbonyl (C=O) groups is 1. The summed E-state index contributed by atoms with van der Waals surface area (Å²) in [6, 6.07) is 8.63. The second-order valence-corrected chi connectivity index (χ2v) is 9.08. The van der Waals surface area contributed by atoms with Crippen molar-refractivity contribution in [3.63, 3.8) is 0 Å². The van der Waals surface area contributed by atoms with Crippen molar-refractivity contribution in [3.8, 4) is 0 Å². The monoisotopic (exact) mass is 424 g/mol. The molecule has 4 rings (SSSR count). The van der Waals surface area contributed by atoms with Gasteiger partial charge in [-0.05, 0) is 60.7 Å². The van der Waals surface area contributed by atoms with Gasteiger partial charge < -0.3 is 4.90 Å². The minimum Gasteiger partial charge on any atom is -0.338 e. The van der Waals surface area contributed by atoms with Crippen molar-refractivity contribution in [2.45, 2.75) is 36.9 Å². The van der Waals surface area contributed by atoms with Gasteiger partial charge in [0.1, 0.15) is 0 Å². The Morgan fingerprint density at radius 1 is 1.07 bits per heavy atom. The highest BCUT2D eigenvalue weighted by atomic mass is 32.2. The molecule has 0 aromatic heterocycles. The number of benzene rings is 2. The molecule has 5 nitrogen and oxygen atoms in total. The van der Waals surface area contributed by atoms with E-state index < -0.39 is 26.7 Å². The molecule has 1 N–H and O–H groups in total. The first kappa shape index (κ1) is 19.8. The smallest absolute Gasteiger partial charge is 0.338 e. The molecule has 154 valence electrons. The fourth-order valence-corrected chi connectivity index (χ4v) is 4.55. The molecule has 29 heavy (non-hydrogen) atoms. The minimum absolute atomic E-state index is 0.110. The third-order valence-electron chi connectivity index (χ3n) is 5.18. The Hall–Kier alpha value is -2.55. The molecule has 0 spiro atoms. The summed E-state index contributed by atoms with van der Waals surface area (Å²) in [6.07, 6.45) is -2.11. The number of alkyl halides is 3. The van der Waals surface area contributed by atoms with Crippen molar-refractivity contribution < 1.29 is 26.4 Å². The van der Waals surface area contributed by atoms with Gasteiger partial charge in [0.15, 0.2) is 0 Å². The number of rotatable bonds is 4. The highest BCUT2D eigenvalue weighted by Gasteiger charge is 2.35. The molecule has 2 aromatic rings. The standard InChI is InChI=1S/C20H19F3N2O3S/c21-20(22,23)16-2-1-3-18(11-16)29(27,28)24-17-7-6-13-8-9-25(12-15(13)10-17)19(26)14-4-5-14/h1-3,6-7,10-11,14,24H,4-5,8-9,12H2. The van der Waals surface area contributed by atoms with Crippen LogP contribution in [-0.2, 0) is 34.0 Å². The Morgan fingerprint density at radius 3 is 2.52 bits per heavy atom. The molecule has 0 unspecified atom stereocenters. The summed E-state index contributed by atoms with van der Waals surface area (Å²) in [6.45, 7) is 1.04. The molecule has 2 aliphatic rings. The number of amides is 1. The van der Waals surface area contributed by atoms with Crippen LogP contribution in [0.25, 0.3) is 0 Å². The normalized spacial score (nSPS) is 17.0. The van der Waals surface area contributed by atoms with E-state index in [2.05, 4.69) is 4.72 Å². The van der Waals surface area contributed by atoms with Crippen LogP contribution in [-0.4, -0.2) is 25.8 Å². The number of nitrogens with one attached hydrogen (secondary N) is 1. The van der Waals surface area contributed by atoms with Crippen molar-refractivity contribution in [1.82, 2.24) is 4.90 Å². The SMILES string of the molecule is O=C(C1CC1)N1CCc2ccc(NS(=O)(=O)c3cccc(C(F)(F)F)c3)cc2C1. The Kier molecular flexibility index (Phi) is 4.80. The zero-order valence-corrected chi connectivity index (χ0v) is 16.2. The lowest BCUT2D eigenvalue weighted by molar-refractivity contribution is -0.137. The summed E-state index contributed by atoms with van der Waals surface area (Å²) in [4.78, 5) is 13.6. The van der Waals surface area contributed by atoms with Crippen LogP contribution in [0.15, 0.2) is 47.4 Å². The van der Waals surface area contributed by atoms with Crippen LogP contribution in [0.1, 0.15) is 29.5 Å². The molecule has 9 heteroatoms. The molecule has 0 radical (unpaired) electrons. The summed E-state index contributed by atoms with van der Waals surface area (Å²) in [5.74, 6) is 0.241. The van der Waals surface area contributed by atoms with Crippen molar-refractivity contribution >= 4 is 21.6 Å². The predicted molar refractivity (Wildman–Crippen MR) is 101 cm³/mol. The Balaban J connectivity index is 1.55. The van der Waals surface area contributed by atoms with E-state index in [1.807, 2.05) is 0 Å². The summed E-state index contributed by atoms with van der Waals surface area (Å²) >= 11 is 0. The quantitative estimate of drug-likeness (QED) is 0.812. The van der Waals surface area contributed by atoms with Gasteiger partial charge in [0.2, 0.25) is 5.91 Å². The average molecular weight is 424 g/mol. The average Bonchev–Trinajstić information content (AvgIpc) is 3.51. The summed E-state index contributed by atoms with van der Waals surface area (Å²) in [5, 5.41) is 0. The van der Waals surface area contributed by atoms with Gasteiger partial charge in [0.05, 0.1) is 10.5 Å². The summed E-state index contributed by atoms with van der Waals surface area (Å²) in [5.41, 5.74) is 1.10. The first-order valence-electron chi connectivity index (χ1n) is 9.24. The zero-order valence-electron chi connectivity index (χ0n) is 15.4. The van der Waals surface area contributed by atoms with Crippen LogP contribution in [0, 0.1) is 5.92 Å². The van der Waals surface area contributed by atoms with Crippen molar-refractivity contribution in [2.75, 3.05) is 11.3 Å². The largest absolute Gasteiger partial charge is 0.416 e. The number of hydrogen-bond donors (Lipinski definition) is 1. The van der Waals surface area contributed by atoms with Crippen molar-refractivity contribution in [1.29, 1.82) is 0 Å². The Morgan fingerprint density at radius 2 is 1.83 bits per heavy atom. The number of sulfonamides is 1. The minimum atomic E-state index is -4.63. The number of carbonyl (C=O) groups excluding carboxylic acids is 1. The molecule has 1 saturated carbocycles. The van der Waals surface area contributed by atoms with Gasteiger partial charge in [-0.25, -0.2) is 8.42 Å². The second kappa shape index (κ2) is 7.05. The highest BCUT2D eigenvalue weighted by Crippen LogP contribution is 2.34. The van der Waals surface area contributed by atoms with E-state index in [9.17, 15) is 26.4 Å². The number of halogens is 3. The molecule has 1 aliphatic carbocycles. The predicted octanol–water partition coefficient (Wildman–Crippen LogP) is 3.80. The van der Waals surface area contributed by atoms with Crippen LogP contribution in [0.5, 0.6) is 0 Å². The van der Waals surface area contributed by atoms with Gasteiger partial charge in [-0.15, -0.1) is 0 Å². The Bertz CT molecular complexity index is 1060. The van der Waals surface area contributed by atoms with E-state index in [-0.39, 0.29) is 17.5 Å². The van der Waals surface area contributed by atoms with E-state index in [1.54, 1.807) is 23.1 Å². The highest BCUT2D eigenvalue weighted by molar-refractivity contribution is 7.92. The molecule has 2 aromatic carbocycles. The maximum atomic E-state index is 12.9. The van der Waals surface area contributed by atoms with Crippen LogP contribution in [0.3, 0.4) is 0 Å². The van der Waals surface area contributed by atoms with Gasteiger partial charge in [-0.3, -0.25) is 9.52 Å². The van der Waals surface area contributed by atoms with Crippen molar-refractivity contribution in [3.05, 3.63) is 59.2 Å². The van der Waals surface area contributed by atoms with Crippen LogP contribution in [0.4, 0.5) is 18.9 Å². The molecule has 0 atom stereocenters.